The smallest absolute Gasteiger partial charge is 0.235 e. The van der Waals surface area contributed by atoms with Gasteiger partial charge in [-0.15, -0.1) is 0 Å². The lowest BCUT2D eigenvalue weighted by Gasteiger charge is -2.36. The van der Waals surface area contributed by atoms with E-state index in [0.29, 0.717) is 25.7 Å². The van der Waals surface area contributed by atoms with E-state index in [-0.39, 0.29) is 5.91 Å². The van der Waals surface area contributed by atoms with Crippen molar-refractivity contribution in [3.05, 3.63) is 53.2 Å². The third-order valence-corrected chi connectivity index (χ3v) is 5.74. The Bertz CT molecular complexity index is 811. The number of benzene rings is 1. The Balaban J connectivity index is 1.75. The molecule has 29 heavy (non-hydrogen) atoms. The van der Waals surface area contributed by atoms with Crippen LogP contribution in [0.25, 0.3) is 0 Å². The van der Waals surface area contributed by atoms with Gasteiger partial charge in [0.15, 0.2) is 0 Å². The van der Waals surface area contributed by atoms with Crippen molar-refractivity contribution in [3.8, 4) is 5.88 Å². The molecule has 0 atom stereocenters. The van der Waals surface area contributed by atoms with Gasteiger partial charge in [-0.05, 0) is 45.2 Å². The van der Waals surface area contributed by atoms with Crippen molar-refractivity contribution < 1.29 is 14.3 Å². The summed E-state index contributed by atoms with van der Waals surface area (Å²) in [7, 11) is 0. The van der Waals surface area contributed by atoms with Gasteiger partial charge in [0.2, 0.25) is 11.8 Å². The highest BCUT2D eigenvalue weighted by molar-refractivity contribution is 5.99. The van der Waals surface area contributed by atoms with E-state index in [4.69, 9.17) is 9.47 Å². The molecule has 1 aromatic heterocycles. The molecule has 1 saturated carbocycles. The van der Waals surface area contributed by atoms with E-state index in [2.05, 4.69) is 41.5 Å². The van der Waals surface area contributed by atoms with Crippen LogP contribution in [-0.4, -0.2) is 30.7 Å². The van der Waals surface area contributed by atoms with Crippen LogP contribution in [0.4, 0.5) is 5.69 Å². The number of amides is 1. The highest BCUT2D eigenvalue weighted by Gasteiger charge is 2.41. The van der Waals surface area contributed by atoms with Gasteiger partial charge in [0, 0.05) is 12.7 Å². The predicted molar refractivity (Wildman–Crippen MR) is 116 cm³/mol. The van der Waals surface area contributed by atoms with E-state index in [1.165, 1.54) is 12.0 Å². The molecule has 5 nitrogen and oxygen atoms in total. The van der Waals surface area contributed by atoms with Gasteiger partial charge >= 0.3 is 0 Å². The normalized spacial score (nSPS) is 15.7. The molecule has 1 amide bonds. The summed E-state index contributed by atoms with van der Waals surface area (Å²) >= 11 is 0. The molecule has 2 aromatic rings. The van der Waals surface area contributed by atoms with Crippen molar-refractivity contribution in [1.29, 1.82) is 0 Å². The molecule has 156 valence electrons. The summed E-state index contributed by atoms with van der Waals surface area (Å²) in [5, 5.41) is 3.16. The second kappa shape index (κ2) is 9.88. The van der Waals surface area contributed by atoms with E-state index in [1.807, 2.05) is 19.9 Å². The molecule has 1 N–H and O–H groups in total. The number of hydrogen-bond donors (Lipinski definition) is 1. The third-order valence-electron chi connectivity index (χ3n) is 5.74. The molecular weight excluding hydrogens is 364 g/mol. The van der Waals surface area contributed by atoms with Gasteiger partial charge in [-0.2, -0.15) is 0 Å². The standard InChI is InChI=1S/C24H32N2O3/c1-4-28-16-17-29-22-13-12-21(19(3)25-22)26-23(27)24(14-6-5-7-15-24)20-10-8-18(2)9-11-20/h8-13H,4-7,14-17H2,1-3H3,(H,26,27). The van der Waals surface area contributed by atoms with E-state index in [0.717, 1.165) is 42.6 Å². The lowest BCUT2D eigenvalue weighted by atomic mass is 9.68. The van der Waals surface area contributed by atoms with Crippen molar-refractivity contribution in [2.45, 2.75) is 58.3 Å². The number of aromatic nitrogens is 1. The Kier molecular flexibility index (Phi) is 7.26. The van der Waals surface area contributed by atoms with Gasteiger partial charge in [-0.1, -0.05) is 49.1 Å². The Morgan fingerprint density at radius 2 is 1.76 bits per heavy atom. The largest absolute Gasteiger partial charge is 0.475 e. The first-order chi connectivity index (χ1) is 14.0. The highest BCUT2D eigenvalue weighted by atomic mass is 16.5. The molecule has 0 spiro atoms. The minimum absolute atomic E-state index is 0.0657. The maximum Gasteiger partial charge on any atom is 0.235 e. The Labute approximate surface area is 173 Å². The number of carbonyl (C=O) groups excluding carboxylic acids is 1. The molecule has 3 rings (SSSR count). The zero-order valence-corrected chi connectivity index (χ0v) is 17.8. The molecule has 1 aliphatic rings. The lowest BCUT2D eigenvalue weighted by Crippen LogP contribution is -2.42. The molecule has 0 aliphatic heterocycles. The number of ether oxygens (including phenoxy) is 2. The molecule has 0 saturated heterocycles. The topological polar surface area (TPSA) is 60.5 Å². The number of carbonyl (C=O) groups is 1. The first-order valence-electron chi connectivity index (χ1n) is 10.6. The average Bonchev–Trinajstić information content (AvgIpc) is 2.74. The first kappa shape index (κ1) is 21.3. The van der Waals surface area contributed by atoms with Crippen molar-refractivity contribution in [3.63, 3.8) is 0 Å². The van der Waals surface area contributed by atoms with Crippen LogP contribution in [0.15, 0.2) is 36.4 Å². The highest BCUT2D eigenvalue weighted by Crippen LogP contribution is 2.40. The SMILES string of the molecule is CCOCCOc1ccc(NC(=O)C2(c3ccc(C)cc3)CCCCC2)c(C)n1. The first-order valence-corrected chi connectivity index (χ1v) is 10.6. The summed E-state index contributed by atoms with van der Waals surface area (Å²) in [6.07, 6.45) is 5.10. The fraction of sp³-hybridized carbons (Fsp3) is 0.500. The fourth-order valence-corrected chi connectivity index (χ4v) is 4.02. The number of aryl methyl sites for hydroxylation is 2. The summed E-state index contributed by atoms with van der Waals surface area (Å²) in [5.74, 6) is 0.613. The number of nitrogens with zero attached hydrogens (tertiary/aromatic N) is 1. The van der Waals surface area contributed by atoms with Gasteiger partial charge in [-0.3, -0.25) is 4.79 Å². The molecule has 1 aliphatic carbocycles. The van der Waals surface area contributed by atoms with Crippen LogP contribution in [0.5, 0.6) is 5.88 Å². The molecule has 0 bridgehead atoms. The molecule has 0 radical (unpaired) electrons. The van der Waals surface area contributed by atoms with Crippen LogP contribution < -0.4 is 10.1 Å². The molecule has 1 fully saturated rings. The van der Waals surface area contributed by atoms with Crippen LogP contribution in [0.2, 0.25) is 0 Å². The van der Waals surface area contributed by atoms with E-state index in [9.17, 15) is 4.79 Å². The van der Waals surface area contributed by atoms with Gasteiger partial charge < -0.3 is 14.8 Å². The Hall–Kier alpha value is -2.40. The van der Waals surface area contributed by atoms with E-state index >= 15 is 0 Å². The van der Waals surface area contributed by atoms with Crippen molar-refractivity contribution in [2.75, 3.05) is 25.1 Å². The molecule has 1 aromatic carbocycles. The molecular formula is C24H32N2O3. The fourth-order valence-electron chi connectivity index (χ4n) is 4.02. The van der Waals surface area contributed by atoms with E-state index < -0.39 is 5.41 Å². The summed E-state index contributed by atoms with van der Waals surface area (Å²) in [6, 6.07) is 12.1. The maximum atomic E-state index is 13.5. The van der Waals surface area contributed by atoms with Crippen LogP contribution in [0.1, 0.15) is 55.8 Å². The van der Waals surface area contributed by atoms with Crippen molar-refractivity contribution in [2.24, 2.45) is 0 Å². The number of pyridine rings is 1. The monoisotopic (exact) mass is 396 g/mol. The average molecular weight is 397 g/mol. The molecule has 1 heterocycles. The van der Waals surface area contributed by atoms with Crippen molar-refractivity contribution >= 4 is 11.6 Å². The summed E-state index contributed by atoms with van der Waals surface area (Å²) in [5.41, 5.74) is 3.35. The summed E-state index contributed by atoms with van der Waals surface area (Å²) in [6.45, 7) is 7.59. The predicted octanol–water partition coefficient (Wildman–Crippen LogP) is 4.95. The Morgan fingerprint density at radius 1 is 1.03 bits per heavy atom. The second-order valence-corrected chi connectivity index (χ2v) is 7.79. The second-order valence-electron chi connectivity index (χ2n) is 7.79. The van der Waals surface area contributed by atoms with Crippen LogP contribution in [-0.2, 0) is 14.9 Å². The minimum atomic E-state index is -0.467. The number of rotatable bonds is 8. The van der Waals surface area contributed by atoms with Gasteiger partial charge in [0.05, 0.1) is 23.4 Å². The van der Waals surface area contributed by atoms with Crippen LogP contribution in [0, 0.1) is 13.8 Å². The zero-order chi connectivity index (χ0) is 20.7. The summed E-state index contributed by atoms with van der Waals surface area (Å²) < 4.78 is 10.9. The van der Waals surface area contributed by atoms with Crippen LogP contribution >= 0.6 is 0 Å². The maximum absolute atomic E-state index is 13.5. The Morgan fingerprint density at radius 3 is 2.41 bits per heavy atom. The molecule has 5 heteroatoms. The number of hydrogen-bond acceptors (Lipinski definition) is 4. The lowest BCUT2D eigenvalue weighted by molar-refractivity contribution is -0.122. The molecule has 0 unspecified atom stereocenters. The van der Waals surface area contributed by atoms with Crippen LogP contribution in [0.3, 0.4) is 0 Å². The number of anilines is 1. The third kappa shape index (κ3) is 5.15. The van der Waals surface area contributed by atoms with Gasteiger partial charge in [0.25, 0.3) is 0 Å². The van der Waals surface area contributed by atoms with E-state index in [1.54, 1.807) is 6.07 Å². The minimum Gasteiger partial charge on any atom is -0.475 e. The number of nitrogens with one attached hydrogen (secondary N) is 1. The zero-order valence-electron chi connectivity index (χ0n) is 17.8. The van der Waals surface area contributed by atoms with Gasteiger partial charge in [0.1, 0.15) is 6.61 Å². The summed E-state index contributed by atoms with van der Waals surface area (Å²) in [4.78, 5) is 18.0. The van der Waals surface area contributed by atoms with Gasteiger partial charge in [-0.25, -0.2) is 4.98 Å². The van der Waals surface area contributed by atoms with Crippen molar-refractivity contribution in [1.82, 2.24) is 4.98 Å². The quantitative estimate of drug-likeness (QED) is 0.641.